The summed E-state index contributed by atoms with van der Waals surface area (Å²) in [7, 11) is -1.48. The molecule has 31 nitrogen and oxygen atoms in total. The predicted octanol–water partition coefficient (Wildman–Crippen LogP) is 14.8. The SMILES string of the molecule is COc1cc(N2CCC(N3CCN(C(=O)CCCCCSc4cccc5c4CN(C4CCC(=O)NC4=O)C5=O)CC3)CC2)ccc1Cc1ncc(Cl)c(Cc2ccccc2P(C)(C)=O)n1.COc1cc(N2CCC(N3CCNCC3)CC2)ccc1Cc1ncc(Cl)c(Cc2ccccc2P(C)(C)=O)n1.NCCCCSc1cccc2c1CN(C1CCC(=O)NC1=O)C2=O.O=C(Cl)Oc1ccc([N+](=O)[O-])cc1. The van der Waals surface area contributed by atoms with Gasteiger partial charge in [-0.3, -0.25) is 64.1 Å². The van der Waals surface area contributed by atoms with E-state index in [1.165, 1.54) is 42.8 Å². The Morgan fingerprint density at radius 1 is 0.525 bits per heavy atom. The summed E-state index contributed by atoms with van der Waals surface area (Å²) in [5, 5.41) is 21.1. The molecular weight excluding hydrogens is 1930 g/mol. The molecule has 748 valence electrons. The van der Waals surface area contributed by atoms with Gasteiger partial charge in [-0.15, -0.1) is 23.5 Å². The van der Waals surface area contributed by atoms with Crippen LogP contribution < -0.4 is 56.3 Å². The third-order valence-corrected chi connectivity index (χ3v) is 33.1. The summed E-state index contributed by atoms with van der Waals surface area (Å²) in [4.78, 5) is 143. The summed E-state index contributed by atoms with van der Waals surface area (Å²) >= 11 is 21.5. The molecule has 6 saturated heterocycles. The van der Waals surface area contributed by atoms with Crippen LogP contribution in [0.4, 0.5) is 21.9 Å². The summed E-state index contributed by atoms with van der Waals surface area (Å²) in [5.74, 6) is 3.64. The van der Waals surface area contributed by atoms with Crippen molar-refractivity contribution in [3.63, 3.8) is 0 Å². The van der Waals surface area contributed by atoms with Crippen LogP contribution in [-0.2, 0) is 71.9 Å². The summed E-state index contributed by atoms with van der Waals surface area (Å²) in [6.45, 7) is 20.5. The molecule has 141 heavy (non-hydrogen) atoms. The lowest BCUT2D eigenvalue weighted by atomic mass is 10.0. The first-order chi connectivity index (χ1) is 67.9. The number of aromatic nitrogens is 4. The molecule has 8 aliphatic rings. The molecule has 0 bridgehead atoms. The number of nitrogens with zero attached hydrogens (tertiary/aromatic N) is 12. The summed E-state index contributed by atoms with van der Waals surface area (Å²) in [6.07, 6.45) is 16.5. The molecule has 17 rings (SSSR count). The van der Waals surface area contributed by atoms with Crippen molar-refractivity contribution in [3.8, 4) is 17.2 Å². The molecule has 2 aromatic heterocycles. The Morgan fingerprint density at radius 2 is 0.972 bits per heavy atom. The number of piperazine rings is 2. The van der Waals surface area contributed by atoms with E-state index < -0.39 is 42.6 Å². The van der Waals surface area contributed by atoms with Gasteiger partial charge in [0.05, 0.1) is 40.6 Å². The van der Waals surface area contributed by atoms with E-state index in [4.69, 9.17) is 60.0 Å². The van der Waals surface area contributed by atoms with E-state index in [0.717, 1.165) is 212 Å². The van der Waals surface area contributed by atoms with Gasteiger partial charge in [0.2, 0.25) is 29.5 Å². The fourth-order valence-electron chi connectivity index (χ4n) is 19.3. The van der Waals surface area contributed by atoms with Crippen LogP contribution in [0.2, 0.25) is 10.0 Å². The first-order valence-corrected chi connectivity index (χ1v) is 56.4. The Bertz CT molecular complexity index is 6110. The number of fused-ring (bicyclic) bond motifs is 2. The predicted molar refractivity (Wildman–Crippen MR) is 554 cm³/mol. The van der Waals surface area contributed by atoms with Crippen LogP contribution in [0.5, 0.6) is 17.2 Å². The smallest absolute Gasteiger partial charge is 0.409 e. The van der Waals surface area contributed by atoms with Gasteiger partial charge in [-0.1, -0.05) is 102 Å². The average molecular weight is 2060 g/mol. The topological polar surface area (TPSA) is 378 Å². The lowest BCUT2D eigenvalue weighted by Crippen LogP contribution is -2.54. The average Bonchev–Trinajstić information content (AvgIpc) is 1.63. The lowest BCUT2D eigenvalue weighted by Gasteiger charge is -2.43. The molecule has 0 radical (unpaired) electrons. The Kier molecular flexibility index (Phi) is 37.7. The number of imide groups is 2. The van der Waals surface area contributed by atoms with Gasteiger partial charge in [0.1, 0.15) is 55.3 Å². The van der Waals surface area contributed by atoms with Gasteiger partial charge < -0.3 is 58.9 Å². The number of benzene rings is 7. The maximum atomic E-state index is 13.2. The second-order valence-electron chi connectivity index (χ2n) is 36.9. The second-order valence-corrected chi connectivity index (χ2v) is 46.7. The minimum absolute atomic E-state index is 0.0747. The molecule has 8 aliphatic heterocycles. The molecule has 7 amide bonds. The monoisotopic (exact) mass is 2050 g/mol. The van der Waals surface area contributed by atoms with Gasteiger partial charge in [0.25, 0.3) is 17.5 Å². The number of piperidine rings is 4. The van der Waals surface area contributed by atoms with Crippen molar-refractivity contribution in [1.29, 1.82) is 0 Å². The number of amides is 7. The van der Waals surface area contributed by atoms with Crippen LogP contribution >= 0.6 is 72.6 Å². The minimum atomic E-state index is -2.48. The number of thioether (sulfide) groups is 2. The Balaban J connectivity index is 0.000000174. The van der Waals surface area contributed by atoms with Crippen LogP contribution in [0.15, 0.2) is 168 Å². The minimum Gasteiger partial charge on any atom is -0.496 e. The number of nitro benzene ring substituents is 1. The van der Waals surface area contributed by atoms with Crippen LogP contribution in [0.25, 0.3) is 0 Å². The normalized spacial score (nSPS) is 17.7. The number of carbonyl (C=O) groups excluding carboxylic acids is 8. The largest absolute Gasteiger partial charge is 0.496 e. The highest BCUT2D eigenvalue weighted by Crippen LogP contribution is 2.42. The van der Waals surface area contributed by atoms with Crippen molar-refractivity contribution >= 4 is 147 Å². The van der Waals surface area contributed by atoms with Crippen LogP contribution in [0, 0.1) is 10.1 Å². The quantitative estimate of drug-likeness (QED) is 0.00578. The van der Waals surface area contributed by atoms with Crippen LogP contribution in [-0.4, -0.2) is 258 Å². The maximum absolute atomic E-state index is 13.2. The fraction of sp³-hybridized carbons (Fsp3) is 0.437. The molecule has 38 heteroatoms. The third-order valence-electron chi connectivity index (χ3n) is 26.8. The van der Waals surface area contributed by atoms with Crippen molar-refractivity contribution < 1.29 is 66.6 Å². The highest BCUT2D eigenvalue weighted by Gasteiger charge is 2.43. The number of hydrogen-bond acceptors (Lipinski definition) is 27. The first kappa shape index (κ1) is 106. The van der Waals surface area contributed by atoms with Gasteiger partial charge in [0.15, 0.2) is 0 Å². The van der Waals surface area contributed by atoms with Gasteiger partial charge >= 0.3 is 5.43 Å². The molecule has 6 fully saturated rings. The molecular formula is C103H123Cl3N16O15P2S2. The fourth-order valence-corrected chi connectivity index (χ4v) is 24.5. The molecule has 0 saturated carbocycles. The standard InChI is InChI=1S/C49H59ClN7O6PS.C30H39ClN5O2P.C17H21N3O3S.C7H4ClNO4/c1-63-42-30-36(16-15-33(42)29-45-51-31-39(50)40(52-45)28-34-10-6-7-12-43(34)64(2,3)62)54-21-19-35(20-22-54)55-23-25-56(26-24-55)47(59)14-5-4-8-27-65-44-13-9-11-37-38(44)32-57(49(37)61)41-17-18-46(58)53-48(41)60;1-38-28-20-25(35-14-10-24(11-15-35)36-16-12-32-13-17-36)9-8-22(28)19-30-33-21-26(31)27(34-30)18-23-6-4-5-7-29(23)39(2,3)37;18-8-1-2-9-24-14-5-3-4-11-12(14)10-20(17(11)23)13-6-7-15(21)19-16(13)22;8-7(10)13-6-3-1-5(2-4-6)9(11)12/h6-7,9-13,15-16,30-31,35,41H,4-5,8,14,17-29,32H2,1-3H3,(H,53,58,60);4-9,20-21,24,32H,10-19H2,1-3H3;3-5,13H,1-2,6-10,18H2,(H,19,21,22);1-4H. The zero-order chi connectivity index (χ0) is 100. The van der Waals surface area contributed by atoms with Crippen molar-refractivity contribution in [2.75, 3.05) is 147 Å². The third kappa shape index (κ3) is 28.3. The molecule has 10 heterocycles. The summed E-state index contributed by atoms with van der Waals surface area (Å²) in [6, 6.07) is 44.9. The molecule has 2 atom stereocenters. The number of hydrogen-bond donors (Lipinski definition) is 4. The van der Waals surface area contributed by atoms with E-state index in [-0.39, 0.29) is 59.7 Å². The van der Waals surface area contributed by atoms with Gasteiger partial charge in [0, 0.05) is 251 Å². The molecule has 7 aromatic carbocycles. The lowest BCUT2D eigenvalue weighted by molar-refractivity contribution is -0.384. The zero-order valence-electron chi connectivity index (χ0n) is 80.5. The van der Waals surface area contributed by atoms with E-state index in [0.29, 0.717) is 115 Å². The van der Waals surface area contributed by atoms with Crippen molar-refractivity contribution in [2.24, 2.45) is 5.73 Å². The number of ether oxygens (including phenoxy) is 3. The Morgan fingerprint density at radius 3 is 1.40 bits per heavy atom. The number of nitrogens with two attached hydrogens (primary N) is 1. The first-order valence-electron chi connectivity index (χ1n) is 48.1. The van der Waals surface area contributed by atoms with E-state index in [1.807, 2.05) is 89.8 Å². The molecule has 0 spiro atoms. The number of carbonyl (C=O) groups is 8. The number of nitrogens with one attached hydrogen (secondary N) is 3. The van der Waals surface area contributed by atoms with E-state index in [1.54, 1.807) is 86.6 Å². The number of methoxy groups -OCH3 is 2. The van der Waals surface area contributed by atoms with E-state index in [9.17, 15) is 57.6 Å². The van der Waals surface area contributed by atoms with E-state index in [2.05, 4.69) is 86.7 Å². The number of nitro groups is 1. The van der Waals surface area contributed by atoms with E-state index >= 15 is 0 Å². The number of halogens is 3. The second kappa shape index (κ2) is 50.0. The van der Waals surface area contributed by atoms with Gasteiger partial charge in [-0.05, 0) is 180 Å². The molecule has 9 aromatic rings. The highest BCUT2D eigenvalue weighted by molar-refractivity contribution is 7.99. The van der Waals surface area contributed by atoms with Gasteiger partial charge in [-0.25, -0.2) is 24.7 Å². The number of anilines is 2. The zero-order valence-corrected chi connectivity index (χ0v) is 86.2. The Labute approximate surface area is 846 Å². The summed E-state index contributed by atoms with van der Waals surface area (Å²) in [5.41, 5.74) is 15.5. The maximum Gasteiger partial charge on any atom is 0.409 e. The van der Waals surface area contributed by atoms with Crippen molar-refractivity contribution in [1.82, 2.24) is 60.4 Å². The van der Waals surface area contributed by atoms with Crippen LogP contribution in [0.3, 0.4) is 0 Å². The van der Waals surface area contributed by atoms with Gasteiger partial charge in [-0.2, -0.15) is 0 Å². The van der Waals surface area contributed by atoms with Crippen molar-refractivity contribution in [2.45, 2.75) is 163 Å². The van der Waals surface area contributed by atoms with Crippen LogP contribution in [0.1, 0.15) is 167 Å². The van der Waals surface area contributed by atoms with Crippen molar-refractivity contribution in [3.05, 3.63) is 246 Å². The number of non-ortho nitro benzene ring substituents is 1. The molecule has 0 aliphatic carbocycles. The Hall–Kier alpha value is -10.7. The summed E-state index contributed by atoms with van der Waals surface area (Å²) < 4.78 is 42.0. The molecule has 5 N–H and O–H groups in total. The number of rotatable bonds is 32. The highest BCUT2D eigenvalue weighted by atomic mass is 35.5. The molecule has 2 unspecified atom stereocenters. The number of unbranched alkanes of at least 4 members (excludes halogenated alkanes) is 3.